The summed E-state index contributed by atoms with van der Waals surface area (Å²) in [5, 5.41) is 3.24. The third-order valence-corrected chi connectivity index (χ3v) is 4.74. The van der Waals surface area contributed by atoms with E-state index in [0.29, 0.717) is 17.4 Å². The van der Waals surface area contributed by atoms with Crippen LogP contribution < -0.4 is 19.7 Å². The molecule has 0 unspecified atom stereocenters. The highest BCUT2D eigenvalue weighted by molar-refractivity contribution is 5.60. The Morgan fingerprint density at radius 3 is 2.59 bits per heavy atom. The maximum atomic E-state index is 5.35. The zero-order valence-corrected chi connectivity index (χ0v) is 15.5. The zero-order valence-electron chi connectivity index (χ0n) is 15.5. The molecule has 0 bridgehead atoms. The SMILES string of the molecule is COc1ccc(Nc2nccc(N3CCc4ccccc4C3)n2)cc1OC. The molecule has 1 aliphatic heterocycles. The Balaban J connectivity index is 1.53. The van der Waals surface area contributed by atoms with Crippen molar-refractivity contribution >= 4 is 17.5 Å². The van der Waals surface area contributed by atoms with Crippen LogP contribution in [0.3, 0.4) is 0 Å². The summed E-state index contributed by atoms with van der Waals surface area (Å²) in [6.45, 7) is 1.81. The number of anilines is 3. The molecule has 4 rings (SSSR count). The van der Waals surface area contributed by atoms with Crippen LogP contribution in [-0.4, -0.2) is 30.7 Å². The molecule has 6 nitrogen and oxygen atoms in total. The van der Waals surface area contributed by atoms with Gasteiger partial charge in [-0.1, -0.05) is 24.3 Å². The maximum absolute atomic E-state index is 5.35. The molecular formula is C21H22N4O2. The van der Waals surface area contributed by atoms with Gasteiger partial charge in [-0.3, -0.25) is 0 Å². The number of aromatic nitrogens is 2. The average Bonchev–Trinajstić information content (AvgIpc) is 2.73. The monoisotopic (exact) mass is 362 g/mol. The molecule has 0 amide bonds. The minimum absolute atomic E-state index is 0.554. The van der Waals surface area contributed by atoms with Gasteiger partial charge in [0, 0.05) is 31.0 Å². The molecule has 0 atom stereocenters. The fourth-order valence-corrected chi connectivity index (χ4v) is 3.32. The first kappa shape index (κ1) is 17.1. The van der Waals surface area contributed by atoms with E-state index in [1.807, 2.05) is 24.3 Å². The van der Waals surface area contributed by atoms with Crippen molar-refractivity contribution in [2.24, 2.45) is 0 Å². The predicted molar refractivity (Wildman–Crippen MR) is 106 cm³/mol. The molecule has 1 aliphatic rings. The number of hydrogen-bond acceptors (Lipinski definition) is 6. The topological polar surface area (TPSA) is 59.5 Å². The van der Waals surface area contributed by atoms with Crippen LogP contribution in [0.25, 0.3) is 0 Å². The normalized spacial score (nSPS) is 13.0. The molecular weight excluding hydrogens is 340 g/mol. The highest BCUT2D eigenvalue weighted by Gasteiger charge is 2.17. The zero-order chi connectivity index (χ0) is 18.6. The largest absolute Gasteiger partial charge is 0.493 e. The smallest absolute Gasteiger partial charge is 0.229 e. The van der Waals surface area contributed by atoms with E-state index in [9.17, 15) is 0 Å². The van der Waals surface area contributed by atoms with Gasteiger partial charge in [-0.15, -0.1) is 0 Å². The number of rotatable bonds is 5. The molecule has 0 saturated heterocycles. The lowest BCUT2D eigenvalue weighted by molar-refractivity contribution is 0.355. The Hall–Kier alpha value is -3.28. The fraction of sp³-hybridized carbons (Fsp3) is 0.238. The minimum Gasteiger partial charge on any atom is -0.493 e. The minimum atomic E-state index is 0.554. The van der Waals surface area contributed by atoms with Crippen molar-refractivity contribution < 1.29 is 9.47 Å². The van der Waals surface area contributed by atoms with E-state index in [4.69, 9.17) is 14.5 Å². The van der Waals surface area contributed by atoms with Crippen molar-refractivity contribution in [2.75, 3.05) is 31.0 Å². The van der Waals surface area contributed by atoms with Gasteiger partial charge in [0.2, 0.25) is 5.95 Å². The Labute approximate surface area is 158 Å². The number of fused-ring (bicyclic) bond motifs is 1. The van der Waals surface area contributed by atoms with Crippen molar-refractivity contribution in [3.63, 3.8) is 0 Å². The molecule has 0 aliphatic carbocycles. The van der Waals surface area contributed by atoms with E-state index in [-0.39, 0.29) is 0 Å². The van der Waals surface area contributed by atoms with Gasteiger partial charge in [0.05, 0.1) is 14.2 Å². The van der Waals surface area contributed by atoms with Gasteiger partial charge < -0.3 is 19.7 Å². The predicted octanol–water partition coefficient (Wildman–Crippen LogP) is 3.80. The molecule has 0 saturated carbocycles. The Bertz CT molecular complexity index is 945. The van der Waals surface area contributed by atoms with Crippen LogP contribution >= 0.6 is 0 Å². The molecule has 0 spiro atoms. The Kier molecular flexibility index (Phi) is 4.78. The van der Waals surface area contributed by atoms with Crippen LogP contribution in [0, 0.1) is 0 Å². The third-order valence-electron chi connectivity index (χ3n) is 4.74. The highest BCUT2D eigenvalue weighted by atomic mass is 16.5. The van der Waals surface area contributed by atoms with Crippen molar-refractivity contribution in [1.29, 1.82) is 0 Å². The van der Waals surface area contributed by atoms with Crippen LogP contribution in [0.4, 0.5) is 17.5 Å². The average molecular weight is 362 g/mol. The quantitative estimate of drug-likeness (QED) is 0.745. The van der Waals surface area contributed by atoms with Crippen molar-refractivity contribution in [3.8, 4) is 11.5 Å². The highest BCUT2D eigenvalue weighted by Crippen LogP contribution is 2.31. The summed E-state index contributed by atoms with van der Waals surface area (Å²) in [5.41, 5.74) is 3.62. The number of benzene rings is 2. The number of hydrogen-bond donors (Lipinski definition) is 1. The number of nitrogens with zero attached hydrogens (tertiary/aromatic N) is 3. The first-order valence-corrected chi connectivity index (χ1v) is 8.90. The Morgan fingerprint density at radius 2 is 1.78 bits per heavy atom. The summed E-state index contributed by atoms with van der Waals surface area (Å²) in [4.78, 5) is 11.3. The molecule has 3 aromatic rings. The van der Waals surface area contributed by atoms with Gasteiger partial charge in [0.1, 0.15) is 5.82 Å². The van der Waals surface area contributed by atoms with Crippen molar-refractivity contribution in [2.45, 2.75) is 13.0 Å². The van der Waals surface area contributed by atoms with Crippen LogP contribution in [-0.2, 0) is 13.0 Å². The molecule has 6 heteroatoms. The van der Waals surface area contributed by atoms with Gasteiger partial charge in [0.25, 0.3) is 0 Å². The second kappa shape index (κ2) is 7.53. The summed E-state index contributed by atoms with van der Waals surface area (Å²) in [5.74, 6) is 2.82. The second-order valence-corrected chi connectivity index (χ2v) is 6.37. The molecule has 1 aromatic heterocycles. The molecule has 138 valence electrons. The number of nitrogens with one attached hydrogen (secondary N) is 1. The standard InChI is InChI=1S/C21H22N4O2/c1-26-18-8-7-17(13-19(18)27-2)23-21-22-11-9-20(24-21)25-12-10-15-5-3-4-6-16(15)14-25/h3-9,11,13H,10,12,14H2,1-2H3,(H,22,23,24). The summed E-state index contributed by atoms with van der Waals surface area (Å²) < 4.78 is 10.6. The van der Waals surface area contributed by atoms with E-state index >= 15 is 0 Å². The molecule has 0 radical (unpaired) electrons. The van der Waals surface area contributed by atoms with Gasteiger partial charge in [0.15, 0.2) is 11.5 Å². The summed E-state index contributed by atoms with van der Waals surface area (Å²) in [7, 11) is 3.24. The second-order valence-electron chi connectivity index (χ2n) is 6.37. The molecule has 2 heterocycles. The Morgan fingerprint density at radius 1 is 0.963 bits per heavy atom. The van der Waals surface area contributed by atoms with E-state index in [1.165, 1.54) is 11.1 Å². The van der Waals surface area contributed by atoms with E-state index in [0.717, 1.165) is 31.0 Å². The summed E-state index contributed by atoms with van der Waals surface area (Å²) in [6, 6.07) is 16.2. The third kappa shape index (κ3) is 3.65. The lowest BCUT2D eigenvalue weighted by Crippen LogP contribution is -2.31. The van der Waals surface area contributed by atoms with Crippen LogP contribution in [0.2, 0.25) is 0 Å². The van der Waals surface area contributed by atoms with E-state index < -0.39 is 0 Å². The summed E-state index contributed by atoms with van der Waals surface area (Å²) >= 11 is 0. The molecule has 27 heavy (non-hydrogen) atoms. The van der Waals surface area contributed by atoms with Crippen molar-refractivity contribution in [1.82, 2.24) is 9.97 Å². The molecule has 0 fully saturated rings. The van der Waals surface area contributed by atoms with Crippen LogP contribution in [0.15, 0.2) is 54.7 Å². The molecule has 1 N–H and O–H groups in total. The first-order chi connectivity index (χ1) is 13.3. The van der Waals surface area contributed by atoms with Gasteiger partial charge >= 0.3 is 0 Å². The maximum Gasteiger partial charge on any atom is 0.229 e. The van der Waals surface area contributed by atoms with Crippen LogP contribution in [0.5, 0.6) is 11.5 Å². The van der Waals surface area contributed by atoms with E-state index in [1.54, 1.807) is 20.4 Å². The summed E-state index contributed by atoms with van der Waals surface area (Å²) in [6.07, 6.45) is 2.81. The van der Waals surface area contributed by atoms with Gasteiger partial charge in [-0.2, -0.15) is 4.98 Å². The van der Waals surface area contributed by atoms with Gasteiger partial charge in [-0.25, -0.2) is 4.98 Å². The van der Waals surface area contributed by atoms with Crippen LogP contribution in [0.1, 0.15) is 11.1 Å². The van der Waals surface area contributed by atoms with Gasteiger partial charge in [-0.05, 0) is 35.7 Å². The lowest BCUT2D eigenvalue weighted by Gasteiger charge is -2.29. The number of methoxy groups -OCH3 is 2. The first-order valence-electron chi connectivity index (χ1n) is 8.90. The fourth-order valence-electron chi connectivity index (χ4n) is 3.32. The van der Waals surface area contributed by atoms with E-state index in [2.05, 4.69) is 39.5 Å². The van der Waals surface area contributed by atoms with Crippen molar-refractivity contribution in [3.05, 3.63) is 65.9 Å². The number of ether oxygens (including phenoxy) is 2. The lowest BCUT2D eigenvalue weighted by atomic mass is 10.00. The molecule has 2 aromatic carbocycles.